The molecular weight excluding hydrogens is 264 g/mol. The molecule has 0 saturated carbocycles. The van der Waals surface area contributed by atoms with Gasteiger partial charge in [-0.1, -0.05) is 24.3 Å². The second kappa shape index (κ2) is 6.16. The highest BCUT2D eigenvalue weighted by atomic mass is 33.1. The molecule has 0 aliphatic carbocycles. The van der Waals surface area contributed by atoms with Crippen LogP contribution in [0.15, 0.2) is 36.4 Å². The predicted molar refractivity (Wildman–Crippen MR) is 80.4 cm³/mol. The number of benzene rings is 2. The average Bonchev–Trinajstić information content (AvgIpc) is 2.43. The first-order valence-corrected chi connectivity index (χ1v) is 7.51. The number of thiol groups is 1. The third-order valence-electron chi connectivity index (χ3n) is 2.83. The molecule has 0 aliphatic heterocycles. The first kappa shape index (κ1) is 13.3. The van der Waals surface area contributed by atoms with Gasteiger partial charge < -0.3 is 4.74 Å². The molecule has 18 heavy (non-hydrogen) atoms. The molecule has 0 radical (unpaired) electrons. The van der Waals surface area contributed by atoms with E-state index >= 15 is 0 Å². The Morgan fingerprint density at radius 3 is 2.67 bits per heavy atom. The number of carbonyl (C=O) groups excluding carboxylic acids is 1. The van der Waals surface area contributed by atoms with Crippen LogP contribution in [0.4, 0.5) is 0 Å². The van der Waals surface area contributed by atoms with Crippen molar-refractivity contribution in [1.82, 2.24) is 0 Å². The van der Waals surface area contributed by atoms with Gasteiger partial charge in [-0.3, -0.25) is 4.79 Å². The third-order valence-corrected chi connectivity index (χ3v) is 3.85. The monoisotopic (exact) mass is 278 g/mol. The summed E-state index contributed by atoms with van der Waals surface area (Å²) in [5, 5.41) is 2.42. The van der Waals surface area contributed by atoms with E-state index in [1.807, 2.05) is 18.2 Å². The zero-order valence-corrected chi connectivity index (χ0v) is 11.8. The summed E-state index contributed by atoms with van der Waals surface area (Å²) in [7, 11) is 2.65. The lowest BCUT2D eigenvalue weighted by Crippen LogP contribution is -1.93. The highest BCUT2D eigenvalue weighted by molar-refractivity contribution is 8.74. The maximum Gasteiger partial charge on any atom is 0.199 e. The number of ether oxygens (including phenoxy) is 1. The van der Waals surface area contributed by atoms with Crippen molar-refractivity contribution in [2.45, 2.75) is 12.8 Å². The number of aryl methyl sites for hydroxylation is 1. The van der Waals surface area contributed by atoms with E-state index in [0.717, 1.165) is 28.4 Å². The van der Waals surface area contributed by atoms with Gasteiger partial charge >= 0.3 is 0 Å². The minimum absolute atomic E-state index is 0.105. The number of fused-ring (bicyclic) bond motifs is 1. The lowest BCUT2D eigenvalue weighted by atomic mass is 10.0. The fraction of sp³-hybridized carbons (Fsp3) is 0.214. The molecular formula is C14H14O2S2. The molecule has 2 nitrogen and oxygen atoms in total. The molecule has 2 rings (SSSR count). The Bertz CT molecular complexity index is 567. The molecule has 2 aromatic rings. The molecule has 0 N–H and O–H groups in total. The molecule has 0 amide bonds. The minimum atomic E-state index is 0.105. The van der Waals surface area contributed by atoms with Gasteiger partial charge in [-0.15, -0.1) is 11.7 Å². The first-order valence-electron chi connectivity index (χ1n) is 5.64. The smallest absolute Gasteiger partial charge is 0.199 e. The maximum atomic E-state index is 11.2. The highest BCUT2D eigenvalue weighted by Crippen LogP contribution is 2.22. The summed E-state index contributed by atoms with van der Waals surface area (Å²) in [5.74, 6) is 0.858. The van der Waals surface area contributed by atoms with Crippen molar-refractivity contribution in [1.29, 1.82) is 0 Å². The van der Waals surface area contributed by atoms with Crippen LogP contribution in [-0.4, -0.2) is 12.2 Å². The quantitative estimate of drug-likeness (QED) is 0.679. The first-order chi connectivity index (χ1) is 8.72. The molecule has 0 aromatic heterocycles. The molecule has 0 fully saturated rings. The molecule has 0 saturated heterocycles. The summed E-state index contributed by atoms with van der Waals surface area (Å²) in [6.45, 7) is 0. The van der Waals surface area contributed by atoms with Gasteiger partial charge in [0.1, 0.15) is 5.75 Å². The molecule has 0 spiro atoms. The molecule has 0 atom stereocenters. The number of hydrogen-bond acceptors (Lipinski definition) is 4. The van der Waals surface area contributed by atoms with E-state index in [0.29, 0.717) is 6.42 Å². The minimum Gasteiger partial charge on any atom is -0.497 e. The Balaban J connectivity index is 2.20. The lowest BCUT2D eigenvalue weighted by molar-refractivity contribution is -0.110. The van der Waals surface area contributed by atoms with Crippen LogP contribution >= 0.6 is 22.5 Å². The van der Waals surface area contributed by atoms with Gasteiger partial charge in [0.25, 0.3) is 0 Å². The van der Waals surface area contributed by atoms with E-state index in [9.17, 15) is 4.79 Å². The molecule has 0 unspecified atom stereocenters. The molecule has 94 valence electrons. The standard InChI is InChI=1S/C14H14O2S2/c1-16-13-6-5-11-8-10(2-4-12(11)9-13)3-7-14(15)18-17/h2,4-6,8-9,17H,3,7H2,1H3. The number of hydrogen-bond donors (Lipinski definition) is 1. The van der Waals surface area contributed by atoms with Crippen LogP contribution in [-0.2, 0) is 11.2 Å². The van der Waals surface area contributed by atoms with Crippen LogP contribution in [0.3, 0.4) is 0 Å². The van der Waals surface area contributed by atoms with E-state index in [2.05, 4.69) is 29.9 Å². The van der Waals surface area contributed by atoms with E-state index in [-0.39, 0.29) is 5.12 Å². The Kier molecular flexibility index (Phi) is 4.55. The van der Waals surface area contributed by atoms with Crippen molar-refractivity contribution in [2.75, 3.05) is 7.11 Å². The summed E-state index contributed by atoms with van der Waals surface area (Å²) in [4.78, 5) is 11.2. The zero-order chi connectivity index (χ0) is 13.0. The zero-order valence-electron chi connectivity index (χ0n) is 10.1. The van der Waals surface area contributed by atoms with E-state index < -0.39 is 0 Å². The van der Waals surface area contributed by atoms with Crippen molar-refractivity contribution in [2.24, 2.45) is 0 Å². The summed E-state index contributed by atoms with van der Waals surface area (Å²) in [6, 6.07) is 12.2. The van der Waals surface area contributed by atoms with Crippen molar-refractivity contribution >= 4 is 38.3 Å². The number of rotatable bonds is 4. The van der Waals surface area contributed by atoms with Gasteiger partial charge in [-0.25, -0.2) is 0 Å². The van der Waals surface area contributed by atoms with Crippen LogP contribution in [0.5, 0.6) is 5.75 Å². The molecule has 0 bridgehead atoms. The van der Waals surface area contributed by atoms with Gasteiger partial charge in [0.2, 0.25) is 0 Å². The van der Waals surface area contributed by atoms with Gasteiger partial charge in [0, 0.05) is 6.42 Å². The summed E-state index contributed by atoms with van der Waals surface area (Å²) in [5.41, 5.74) is 1.17. The van der Waals surface area contributed by atoms with Crippen molar-refractivity contribution in [3.63, 3.8) is 0 Å². The number of carbonyl (C=O) groups is 1. The normalized spacial score (nSPS) is 10.6. The predicted octanol–water partition coefficient (Wildman–Crippen LogP) is 3.89. The summed E-state index contributed by atoms with van der Waals surface area (Å²) < 4.78 is 5.19. The Hall–Kier alpha value is -1.13. The maximum absolute atomic E-state index is 11.2. The summed E-state index contributed by atoms with van der Waals surface area (Å²) >= 11 is 3.90. The average molecular weight is 278 g/mol. The third kappa shape index (κ3) is 3.21. The fourth-order valence-electron chi connectivity index (χ4n) is 1.85. The van der Waals surface area contributed by atoms with E-state index in [4.69, 9.17) is 4.74 Å². The highest BCUT2D eigenvalue weighted by Gasteiger charge is 2.03. The molecule has 4 heteroatoms. The SMILES string of the molecule is COc1ccc2cc(CCC(=O)SS)ccc2c1. The van der Waals surface area contributed by atoms with Gasteiger partial charge in [0.15, 0.2) is 5.12 Å². The second-order valence-corrected chi connectivity index (χ2v) is 5.20. The molecule has 2 aromatic carbocycles. The van der Waals surface area contributed by atoms with Gasteiger partial charge in [-0.2, -0.15) is 0 Å². The van der Waals surface area contributed by atoms with Gasteiger partial charge in [0.05, 0.1) is 7.11 Å². The Morgan fingerprint density at radius 2 is 1.94 bits per heavy atom. The van der Waals surface area contributed by atoms with Gasteiger partial charge in [-0.05, 0) is 45.7 Å². The van der Waals surface area contributed by atoms with E-state index in [1.54, 1.807) is 7.11 Å². The van der Waals surface area contributed by atoms with Crippen LogP contribution in [0.2, 0.25) is 0 Å². The molecule has 0 aliphatic rings. The van der Waals surface area contributed by atoms with Crippen LogP contribution in [0, 0.1) is 0 Å². The Morgan fingerprint density at radius 1 is 1.22 bits per heavy atom. The van der Waals surface area contributed by atoms with E-state index in [1.165, 1.54) is 10.9 Å². The van der Waals surface area contributed by atoms with Crippen molar-refractivity contribution < 1.29 is 9.53 Å². The fourth-order valence-corrected chi connectivity index (χ4v) is 2.32. The van der Waals surface area contributed by atoms with Crippen LogP contribution < -0.4 is 4.74 Å². The topological polar surface area (TPSA) is 26.3 Å². The number of methoxy groups -OCH3 is 1. The van der Waals surface area contributed by atoms with Crippen LogP contribution in [0.25, 0.3) is 10.8 Å². The van der Waals surface area contributed by atoms with Crippen molar-refractivity contribution in [3.8, 4) is 5.75 Å². The second-order valence-electron chi connectivity index (χ2n) is 4.01. The van der Waals surface area contributed by atoms with Crippen molar-refractivity contribution in [3.05, 3.63) is 42.0 Å². The molecule has 0 heterocycles. The largest absolute Gasteiger partial charge is 0.497 e. The summed E-state index contributed by atoms with van der Waals surface area (Å²) in [6.07, 6.45) is 1.28. The Labute approximate surface area is 116 Å². The van der Waals surface area contributed by atoms with Crippen LogP contribution in [0.1, 0.15) is 12.0 Å². The lowest BCUT2D eigenvalue weighted by Gasteiger charge is -2.05.